The van der Waals surface area contributed by atoms with Crippen LogP contribution in [0.3, 0.4) is 0 Å². The summed E-state index contributed by atoms with van der Waals surface area (Å²) in [6.07, 6.45) is 9.62. The van der Waals surface area contributed by atoms with Gasteiger partial charge in [0, 0.05) is 36.3 Å². The van der Waals surface area contributed by atoms with Gasteiger partial charge in [-0.1, -0.05) is 51.5 Å². The van der Waals surface area contributed by atoms with Crippen molar-refractivity contribution in [1.82, 2.24) is 4.90 Å². The number of carbonyl (C=O) groups excluding carboxylic acids is 1. The predicted octanol–water partition coefficient (Wildman–Crippen LogP) is 5.80. The van der Waals surface area contributed by atoms with Crippen molar-refractivity contribution < 1.29 is 9.18 Å². The molecule has 1 amide bonds. The normalized spacial score (nSPS) is 23.0. The standard InChI is InChI=1S/C25H31FN2O/c1-18-14-21-11-13-28(23(29)24(2,3)4)17-25(21,5)15-20(18)16-27-12-10-19-6-8-22(26)9-7-19/h6-10,12,14,16H,11,13,15,17H2,1-5H3/b12-10-,27-16?. The molecule has 1 atom stereocenters. The summed E-state index contributed by atoms with van der Waals surface area (Å²) in [5.41, 5.74) is 4.40. The van der Waals surface area contributed by atoms with Crippen molar-refractivity contribution in [2.75, 3.05) is 13.1 Å². The fourth-order valence-electron chi connectivity index (χ4n) is 4.12. The Labute approximate surface area is 173 Å². The van der Waals surface area contributed by atoms with Gasteiger partial charge in [-0.15, -0.1) is 0 Å². The number of amides is 1. The molecule has 3 rings (SSSR count). The highest BCUT2D eigenvalue weighted by Gasteiger charge is 2.41. The van der Waals surface area contributed by atoms with E-state index in [1.807, 2.05) is 38.0 Å². The minimum absolute atomic E-state index is 0.0410. The summed E-state index contributed by atoms with van der Waals surface area (Å²) in [5, 5.41) is 0. The third kappa shape index (κ3) is 4.92. The van der Waals surface area contributed by atoms with E-state index in [9.17, 15) is 9.18 Å². The highest BCUT2D eigenvalue weighted by Crippen LogP contribution is 2.44. The zero-order valence-corrected chi connectivity index (χ0v) is 18.1. The maximum atomic E-state index is 13.0. The van der Waals surface area contributed by atoms with Gasteiger partial charge in [-0.3, -0.25) is 9.79 Å². The number of nitrogens with zero attached hydrogens (tertiary/aromatic N) is 2. The van der Waals surface area contributed by atoms with Crippen LogP contribution in [0.2, 0.25) is 0 Å². The van der Waals surface area contributed by atoms with Crippen LogP contribution in [0.5, 0.6) is 0 Å². The van der Waals surface area contributed by atoms with Crippen molar-refractivity contribution in [1.29, 1.82) is 0 Å². The SMILES string of the molecule is CC1=C(C=N/C=C\c2ccc(F)cc2)CC2(C)CN(C(=O)C(C)(C)C)CCC2=C1. The van der Waals surface area contributed by atoms with Gasteiger partial charge in [-0.25, -0.2) is 4.39 Å². The Hall–Kier alpha value is -2.49. The zero-order chi connectivity index (χ0) is 21.2. The van der Waals surface area contributed by atoms with Crippen LogP contribution < -0.4 is 0 Å². The Kier molecular flexibility index (Phi) is 5.92. The molecular formula is C25H31FN2O. The Bertz CT molecular complexity index is 900. The number of hydrogen-bond acceptors (Lipinski definition) is 2. The molecule has 0 spiro atoms. The lowest BCUT2D eigenvalue weighted by molar-refractivity contribution is -0.141. The molecule has 1 saturated heterocycles. The number of hydrogen-bond donors (Lipinski definition) is 0. The van der Waals surface area contributed by atoms with Crippen molar-refractivity contribution in [2.45, 2.75) is 47.5 Å². The predicted molar refractivity (Wildman–Crippen MR) is 118 cm³/mol. The number of carbonyl (C=O) groups is 1. The lowest BCUT2D eigenvalue weighted by Crippen LogP contribution is -2.50. The van der Waals surface area contributed by atoms with Crippen LogP contribution in [-0.2, 0) is 4.79 Å². The number of allylic oxidation sites excluding steroid dienone is 3. The summed E-state index contributed by atoms with van der Waals surface area (Å²) >= 11 is 0. The quantitative estimate of drug-likeness (QED) is 0.597. The maximum Gasteiger partial charge on any atom is 0.227 e. The minimum Gasteiger partial charge on any atom is -0.341 e. The van der Waals surface area contributed by atoms with Crippen LogP contribution in [0, 0.1) is 16.6 Å². The van der Waals surface area contributed by atoms with E-state index < -0.39 is 0 Å². The van der Waals surface area contributed by atoms with Gasteiger partial charge in [0.1, 0.15) is 5.82 Å². The number of piperidine rings is 1. The maximum absolute atomic E-state index is 13.0. The van der Waals surface area contributed by atoms with Crippen molar-refractivity contribution in [3.63, 3.8) is 0 Å². The molecule has 0 radical (unpaired) electrons. The summed E-state index contributed by atoms with van der Waals surface area (Å²) in [4.78, 5) is 19.3. The first-order valence-electron chi connectivity index (χ1n) is 10.2. The molecule has 1 unspecified atom stereocenters. The molecule has 29 heavy (non-hydrogen) atoms. The topological polar surface area (TPSA) is 32.7 Å². The van der Waals surface area contributed by atoms with Gasteiger partial charge in [-0.05, 0) is 54.7 Å². The van der Waals surface area contributed by atoms with Crippen LogP contribution in [0.4, 0.5) is 4.39 Å². The first kappa shape index (κ1) is 21.2. The largest absolute Gasteiger partial charge is 0.341 e. The van der Waals surface area contributed by atoms with Crippen molar-refractivity contribution >= 4 is 18.2 Å². The lowest BCUT2D eigenvalue weighted by Gasteiger charge is -2.46. The first-order valence-corrected chi connectivity index (χ1v) is 10.2. The number of fused-ring (bicyclic) bond motifs is 1. The van der Waals surface area contributed by atoms with E-state index >= 15 is 0 Å². The van der Waals surface area contributed by atoms with Gasteiger partial charge >= 0.3 is 0 Å². The van der Waals surface area contributed by atoms with Gasteiger partial charge in [0.2, 0.25) is 5.91 Å². The van der Waals surface area contributed by atoms with Crippen LogP contribution in [-0.4, -0.2) is 30.1 Å². The zero-order valence-electron chi connectivity index (χ0n) is 18.1. The van der Waals surface area contributed by atoms with Gasteiger partial charge in [0.25, 0.3) is 0 Å². The summed E-state index contributed by atoms with van der Waals surface area (Å²) in [6, 6.07) is 6.34. The van der Waals surface area contributed by atoms with E-state index in [2.05, 4.69) is 24.9 Å². The molecule has 0 bridgehead atoms. The third-order valence-corrected chi connectivity index (χ3v) is 5.83. The van der Waals surface area contributed by atoms with Crippen LogP contribution >= 0.6 is 0 Å². The monoisotopic (exact) mass is 394 g/mol. The Morgan fingerprint density at radius 2 is 1.93 bits per heavy atom. The Morgan fingerprint density at radius 1 is 1.24 bits per heavy atom. The average Bonchev–Trinajstić information content (AvgIpc) is 2.65. The second-order valence-electron chi connectivity index (χ2n) is 9.49. The highest BCUT2D eigenvalue weighted by atomic mass is 19.1. The molecule has 0 saturated carbocycles. The molecule has 1 aliphatic heterocycles. The van der Waals surface area contributed by atoms with E-state index in [1.165, 1.54) is 28.9 Å². The summed E-state index contributed by atoms with van der Waals surface area (Å²) in [5.74, 6) is -0.0163. The smallest absolute Gasteiger partial charge is 0.227 e. The molecular weight excluding hydrogens is 363 g/mol. The molecule has 3 nitrogen and oxygen atoms in total. The molecule has 1 fully saturated rings. The summed E-state index contributed by atoms with van der Waals surface area (Å²) in [7, 11) is 0. The number of aliphatic imine (C=N–C) groups is 1. The first-order chi connectivity index (χ1) is 13.6. The number of likely N-dealkylation sites (tertiary alicyclic amines) is 1. The van der Waals surface area contributed by atoms with Crippen molar-refractivity contribution in [2.24, 2.45) is 15.8 Å². The third-order valence-electron chi connectivity index (χ3n) is 5.83. The van der Waals surface area contributed by atoms with Crippen LogP contribution in [0.25, 0.3) is 6.08 Å². The molecule has 4 heteroatoms. The second kappa shape index (κ2) is 8.10. The summed E-state index contributed by atoms with van der Waals surface area (Å²) < 4.78 is 13.0. The second-order valence-corrected chi connectivity index (χ2v) is 9.49. The molecule has 1 heterocycles. The number of halogens is 1. The van der Waals surface area contributed by atoms with E-state index in [-0.39, 0.29) is 22.6 Å². The molecule has 1 aromatic carbocycles. The highest BCUT2D eigenvalue weighted by molar-refractivity contribution is 5.83. The lowest BCUT2D eigenvalue weighted by atomic mass is 9.68. The molecule has 154 valence electrons. The van der Waals surface area contributed by atoms with Crippen LogP contribution in [0.15, 0.2) is 58.3 Å². The Morgan fingerprint density at radius 3 is 2.59 bits per heavy atom. The fourth-order valence-corrected chi connectivity index (χ4v) is 4.12. The molecule has 0 aromatic heterocycles. The van der Waals surface area contributed by atoms with Crippen molar-refractivity contribution in [3.05, 3.63) is 64.6 Å². The van der Waals surface area contributed by atoms with E-state index in [4.69, 9.17) is 0 Å². The van der Waals surface area contributed by atoms with Crippen LogP contribution in [0.1, 0.15) is 53.0 Å². The minimum atomic E-state index is -0.354. The Balaban J connectivity index is 1.72. The fraction of sp³-hybridized carbons (Fsp3) is 0.440. The number of rotatable bonds is 3. The van der Waals surface area contributed by atoms with E-state index in [0.717, 1.165) is 31.5 Å². The average molecular weight is 395 g/mol. The number of benzene rings is 1. The van der Waals surface area contributed by atoms with E-state index in [0.29, 0.717) is 0 Å². The summed E-state index contributed by atoms with van der Waals surface area (Å²) in [6.45, 7) is 11.9. The molecule has 0 N–H and O–H groups in total. The van der Waals surface area contributed by atoms with Crippen molar-refractivity contribution in [3.8, 4) is 0 Å². The van der Waals surface area contributed by atoms with Gasteiger partial charge in [0.05, 0.1) is 0 Å². The molecule has 2 aliphatic rings. The molecule has 1 aliphatic carbocycles. The van der Waals surface area contributed by atoms with E-state index in [1.54, 1.807) is 18.3 Å². The van der Waals surface area contributed by atoms with Gasteiger partial charge < -0.3 is 4.90 Å². The molecule has 1 aromatic rings. The van der Waals surface area contributed by atoms with Gasteiger partial charge in [0.15, 0.2) is 0 Å². The van der Waals surface area contributed by atoms with Gasteiger partial charge in [-0.2, -0.15) is 0 Å².